The maximum atomic E-state index is 11.4. The van der Waals surface area contributed by atoms with Crippen molar-refractivity contribution in [1.82, 2.24) is 0 Å². The lowest BCUT2D eigenvalue weighted by atomic mass is 9.80. The summed E-state index contributed by atoms with van der Waals surface area (Å²) in [5, 5.41) is 0. The molecule has 2 atom stereocenters. The Kier molecular flexibility index (Phi) is 102. The van der Waals surface area contributed by atoms with Gasteiger partial charge in [-0.15, -0.1) is 0 Å². The zero-order valence-electron chi connectivity index (χ0n) is 20.1. The summed E-state index contributed by atoms with van der Waals surface area (Å²) >= 11 is 0. The molecule has 0 aliphatic heterocycles. The Morgan fingerprint density at radius 1 is 0.651 bits per heavy atom. The van der Waals surface area contributed by atoms with E-state index in [1.807, 2.05) is 32.0 Å². The first kappa shape index (κ1) is 83.6. The van der Waals surface area contributed by atoms with Crippen molar-refractivity contribution < 1.29 is 28.6 Å². The van der Waals surface area contributed by atoms with Crippen molar-refractivity contribution in [3.63, 3.8) is 0 Å². The van der Waals surface area contributed by atoms with Crippen molar-refractivity contribution in [1.29, 1.82) is 0 Å². The Balaban J connectivity index is -0.0000000257. The first-order valence-corrected chi connectivity index (χ1v) is 11.4. The molecule has 1 aliphatic carbocycles. The molecule has 0 spiro atoms. The van der Waals surface area contributed by atoms with Gasteiger partial charge in [0.25, 0.3) is 0 Å². The van der Waals surface area contributed by atoms with Gasteiger partial charge < -0.3 is 14.2 Å². The van der Waals surface area contributed by atoms with Crippen LogP contribution in [0.5, 0.6) is 0 Å². The summed E-state index contributed by atoms with van der Waals surface area (Å²) in [6.45, 7) is 12.7. The van der Waals surface area contributed by atoms with E-state index in [1.54, 1.807) is 26.8 Å². The van der Waals surface area contributed by atoms with E-state index in [2.05, 4.69) is 11.7 Å². The molecular weight excluding hydrogens is 540 g/mol. The standard InChI is InChI=1S/C10H18O2.C10H12O2.C5H10O2.12CH4/c2*1-3-12-10(11)9-7-5-4-6-8(9)2;1-3-5(6)7-4-2;;;;;;;;;;;;/h8-9H,3-7H2,1-2H3;4-7H,3H2,1-2H3;3-4H2,1-2H3;12*1H4. The fourth-order valence-electron chi connectivity index (χ4n) is 3.19. The average molecular weight is 629 g/mol. The van der Waals surface area contributed by atoms with Crippen LogP contribution < -0.4 is 0 Å². The average Bonchev–Trinajstić information content (AvgIpc) is 2.75. The molecule has 0 amide bonds. The number of hydrogen-bond acceptors (Lipinski definition) is 6. The van der Waals surface area contributed by atoms with Crippen LogP contribution in [-0.4, -0.2) is 37.7 Å². The lowest BCUT2D eigenvalue weighted by molar-refractivity contribution is -0.151. The molecule has 1 aliphatic rings. The summed E-state index contributed by atoms with van der Waals surface area (Å²) in [6.07, 6.45) is 5.15. The predicted molar refractivity (Wildman–Crippen MR) is 203 cm³/mol. The largest absolute Gasteiger partial charge is 0.466 e. The van der Waals surface area contributed by atoms with Gasteiger partial charge in [-0.3, -0.25) is 9.59 Å². The van der Waals surface area contributed by atoms with Crippen LogP contribution in [0.2, 0.25) is 0 Å². The molecule has 2 rings (SSSR count). The second kappa shape index (κ2) is 52.3. The molecule has 1 saturated carbocycles. The van der Waals surface area contributed by atoms with Gasteiger partial charge in [0.1, 0.15) is 0 Å². The van der Waals surface area contributed by atoms with E-state index >= 15 is 0 Å². The van der Waals surface area contributed by atoms with E-state index in [1.165, 1.54) is 19.3 Å². The van der Waals surface area contributed by atoms with Gasteiger partial charge in [-0.1, -0.05) is 134 Å². The van der Waals surface area contributed by atoms with Gasteiger partial charge in [-0.2, -0.15) is 0 Å². The van der Waals surface area contributed by atoms with Crippen LogP contribution in [0.4, 0.5) is 0 Å². The summed E-state index contributed by atoms with van der Waals surface area (Å²) in [5.74, 6) is 0.360. The number of benzene rings is 1. The maximum Gasteiger partial charge on any atom is 0.338 e. The predicted octanol–water partition coefficient (Wildman–Crippen LogP) is 13.1. The highest BCUT2D eigenvalue weighted by atomic mass is 16.5. The SMILES string of the molecule is C.C.C.C.C.C.C.C.C.C.C.C.CCOC(=O)C1CCCCC1C.CCOC(=O)CC.CCOC(=O)c1ccccc1C. The number of rotatable bonds is 6. The number of carbonyl (C=O) groups is 3. The quantitative estimate of drug-likeness (QED) is 0.230. The summed E-state index contributed by atoms with van der Waals surface area (Å²) in [4.78, 5) is 32.8. The van der Waals surface area contributed by atoms with Crippen molar-refractivity contribution in [3.8, 4) is 0 Å². The zero-order valence-corrected chi connectivity index (χ0v) is 20.1. The molecule has 6 nitrogen and oxygen atoms in total. The van der Waals surface area contributed by atoms with Crippen LogP contribution in [0, 0.1) is 18.8 Å². The molecule has 0 heterocycles. The molecule has 2 unspecified atom stereocenters. The maximum absolute atomic E-state index is 11.4. The smallest absolute Gasteiger partial charge is 0.338 e. The van der Waals surface area contributed by atoms with E-state index in [0.717, 1.165) is 12.0 Å². The molecule has 272 valence electrons. The zero-order chi connectivity index (χ0) is 23.6. The molecule has 1 aromatic rings. The van der Waals surface area contributed by atoms with Crippen molar-refractivity contribution in [2.75, 3.05) is 19.8 Å². The van der Waals surface area contributed by atoms with Gasteiger partial charge in [0.2, 0.25) is 0 Å². The number of hydrogen-bond donors (Lipinski definition) is 0. The van der Waals surface area contributed by atoms with Crippen molar-refractivity contribution in [2.45, 2.75) is 163 Å². The Morgan fingerprint density at radius 3 is 1.42 bits per heavy atom. The van der Waals surface area contributed by atoms with Gasteiger partial charge in [-0.25, -0.2) is 4.79 Å². The number of esters is 3. The highest BCUT2D eigenvalue weighted by Crippen LogP contribution is 2.30. The molecule has 0 bridgehead atoms. The third-order valence-electron chi connectivity index (χ3n) is 4.94. The lowest BCUT2D eigenvalue weighted by Crippen LogP contribution is -2.27. The van der Waals surface area contributed by atoms with E-state index < -0.39 is 0 Å². The topological polar surface area (TPSA) is 78.9 Å². The summed E-state index contributed by atoms with van der Waals surface area (Å²) in [7, 11) is 0. The fraction of sp³-hybridized carbons (Fsp3) is 0.757. The van der Waals surface area contributed by atoms with Gasteiger partial charge in [-0.05, 0) is 58.1 Å². The number of aryl methyl sites for hydroxylation is 1. The van der Waals surface area contributed by atoms with Gasteiger partial charge in [0, 0.05) is 6.42 Å². The second-order valence-corrected chi connectivity index (χ2v) is 7.31. The van der Waals surface area contributed by atoms with Crippen LogP contribution in [0.15, 0.2) is 24.3 Å². The van der Waals surface area contributed by atoms with E-state index in [4.69, 9.17) is 9.47 Å². The highest BCUT2D eigenvalue weighted by Gasteiger charge is 2.28. The summed E-state index contributed by atoms with van der Waals surface area (Å²) in [5.41, 5.74) is 1.61. The van der Waals surface area contributed by atoms with E-state index in [-0.39, 0.29) is 113 Å². The van der Waals surface area contributed by atoms with Crippen molar-refractivity contribution in [2.24, 2.45) is 11.8 Å². The normalized spacial score (nSPS) is 12.3. The van der Waals surface area contributed by atoms with Crippen LogP contribution in [-0.2, 0) is 23.8 Å². The summed E-state index contributed by atoms with van der Waals surface area (Å²) < 4.78 is 14.4. The van der Waals surface area contributed by atoms with Crippen LogP contribution in [0.25, 0.3) is 0 Å². The minimum absolute atomic E-state index is 0. The van der Waals surface area contributed by atoms with Crippen LogP contribution >= 0.6 is 0 Å². The molecule has 0 N–H and O–H groups in total. The molecule has 1 aromatic carbocycles. The molecule has 6 heteroatoms. The van der Waals surface area contributed by atoms with Gasteiger partial charge >= 0.3 is 17.9 Å². The Hall–Kier alpha value is -2.37. The Labute approximate surface area is 276 Å². The number of ether oxygens (including phenoxy) is 3. The first-order valence-electron chi connectivity index (χ1n) is 11.4. The van der Waals surface area contributed by atoms with E-state index in [9.17, 15) is 14.4 Å². The molecule has 0 aromatic heterocycles. The Bertz CT molecular complexity index is 658. The molecule has 43 heavy (non-hydrogen) atoms. The first-order chi connectivity index (χ1) is 14.8. The highest BCUT2D eigenvalue weighted by molar-refractivity contribution is 5.90. The monoisotopic (exact) mass is 629 g/mol. The second-order valence-electron chi connectivity index (χ2n) is 7.31. The van der Waals surface area contributed by atoms with Crippen LogP contribution in [0.1, 0.15) is 172 Å². The van der Waals surface area contributed by atoms with Gasteiger partial charge in [0.05, 0.1) is 31.3 Å². The third kappa shape index (κ3) is 37.6. The lowest BCUT2D eigenvalue weighted by Gasteiger charge is -2.26. The van der Waals surface area contributed by atoms with Crippen molar-refractivity contribution >= 4 is 17.9 Å². The molecular formula is C37H88O6. The van der Waals surface area contributed by atoms with Crippen LogP contribution in [0.3, 0.4) is 0 Å². The molecule has 0 saturated heterocycles. The molecule has 0 radical (unpaired) electrons. The Morgan fingerprint density at radius 2 is 1.07 bits per heavy atom. The van der Waals surface area contributed by atoms with E-state index in [0.29, 0.717) is 37.7 Å². The minimum Gasteiger partial charge on any atom is -0.466 e. The van der Waals surface area contributed by atoms with Gasteiger partial charge in [0.15, 0.2) is 0 Å². The minimum atomic E-state index is -0.240. The van der Waals surface area contributed by atoms with Crippen molar-refractivity contribution in [3.05, 3.63) is 35.4 Å². The number of carbonyl (C=O) groups excluding carboxylic acids is 3. The molecule has 1 fully saturated rings. The summed E-state index contributed by atoms with van der Waals surface area (Å²) in [6, 6.07) is 7.40. The fourth-order valence-corrected chi connectivity index (χ4v) is 3.19. The third-order valence-corrected chi connectivity index (χ3v) is 4.94.